The van der Waals surface area contributed by atoms with Crippen molar-refractivity contribution in [1.29, 1.82) is 0 Å². The molecule has 0 bridgehead atoms. The molecule has 7 nitrogen and oxygen atoms in total. The summed E-state index contributed by atoms with van der Waals surface area (Å²) < 4.78 is 32.5. The van der Waals surface area contributed by atoms with E-state index in [4.69, 9.17) is 10.6 Å². The van der Waals surface area contributed by atoms with Crippen LogP contribution in [-0.2, 0) is 11.2 Å². The summed E-state index contributed by atoms with van der Waals surface area (Å²) in [6.07, 6.45) is 0.467. The maximum absolute atomic E-state index is 13.2. The van der Waals surface area contributed by atoms with Gasteiger partial charge in [-0.05, 0) is 29.8 Å². The highest BCUT2D eigenvalue weighted by molar-refractivity contribution is 7.99. The number of nitrogens with zero attached hydrogens (tertiary/aromatic N) is 3. The minimum atomic E-state index is -1.03. The smallest absolute Gasteiger partial charge is 0.234 e. The molecular formula is C18H17F2N5O2S. The molecule has 1 amide bonds. The Kier molecular flexibility index (Phi) is 6.09. The van der Waals surface area contributed by atoms with Crippen molar-refractivity contribution in [2.45, 2.75) is 11.6 Å². The normalized spacial score (nSPS) is 10.7. The molecule has 0 aliphatic heterocycles. The van der Waals surface area contributed by atoms with Crippen molar-refractivity contribution in [2.75, 3.05) is 24.0 Å². The molecule has 3 aromatic rings. The van der Waals surface area contributed by atoms with Gasteiger partial charge in [0.05, 0.1) is 12.9 Å². The second-order valence-corrected chi connectivity index (χ2v) is 6.70. The number of nitrogens with one attached hydrogen (secondary N) is 1. The van der Waals surface area contributed by atoms with E-state index in [-0.39, 0.29) is 11.4 Å². The maximum Gasteiger partial charge on any atom is 0.234 e. The fourth-order valence-corrected chi connectivity index (χ4v) is 3.03. The summed E-state index contributed by atoms with van der Waals surface area (Å²) >= 11 is 1.08. The zero-order valence-corrected chi connectivity index (χ0v) is 15.7. The Bertz CT molecular complexity index is 979. The molecule has 2 aromatic carbocycles. The zero-order valence-electron chi connectivity index (χ0n) is 14.9. The fourth-order valence-electron chi connectivity index (χ4n) is 2.35. The lowest BCUT2D eigenvalue weighted by Crippen LogP contribution is -2.17. The van der Waals surface area contributed by atoms with E-state index in [1.165, 1.54) is 10.7 Å². The van der Waals surface area contributed by atoms with E-state index in [1.807, 2.05) is 24.3 Å². The average Bonchev–Trinajstić information content (AvgIpc) is 3.03. The molecule has 0 fully saturated rings. The minimum absolute atomic E-state index is 0.0170. The number of benzene rings is 2. The third kappa shape index (κ3) is 4.77. The second-order valence-electron chi connectivity index (χ2n) is 5.76. The third-order valence-electron chi connectivity index (χ3n) is 3.79. The monoisotopic (exact) mass is 405 g/mol. The Morgan fingerprint density at radius 3 is 2.61 bits per heavy atom. The van der Waals surface area contributed by atoms with E-state index in [2.05, 4.69) is 15.5 Å². The summed E-state index contributed by atoms with van der Waals surface area (Å²) in [5.41, 5.74) is 1.14. The van der Waals surface area contributed by atoms with Crippen LogP contribution in [0, 0.1) is 11.6 Å². The summed E-state index contributed by atoms with van der Waals surface area (Å²) in [4.78, 5) is 12.0. The number of amides is 1. The molecule has 10 heteroatoms. The summed E-state index contributed by atoms with van der Waals surface area (Å²) in [5, 5.41) is 10.9. The predicted molar refractivity (Wildman–Crippen MR) is 102 cm³/mol. The molecule has 28 heavy (non-hydrogen) atoms. The van der Waals surface area contributed by atoms with Crippen LogP contribution in [0.1, 0.15) is 11.4 Å². The van der Waals surface area contributed by atoms with E-state index < -0.39 is 17.5 Å². The van der Waals surface area contributed by atoms with E-state index in [0.29, 0.717) is 17.4 Å². The van der Waals surface area contributed by atoms with Crippen LogP contribution in [0.3, 0.4) is 0 Å². The second kappa shape index (κ2) is 8.70. The van der Waals surface area contributed by atoms with Crippen LogP contribution in [0.25, 0.3) is 0 Å². The van der Waals surface area contributed by atoms with E-state index >= 15 is 0 Å². The first-order valence-electron chi connectivity index (χ1n) is 8.16. The van der Waals surface area contributed by atoms with Crippen molar-refractivity contribution < 1.29 is 18.3 Å². The van der Waals surface area contributed by atoms with Gasteiger partial charge in [-0.15, -0.1) is 10.2 Å². The molecule has 1 aromatic heterocycles. The number of halogens is 2. The van der Waals surface area contributed by atoms with Crippen molar-refractivity contribution >= 4 is 23.4 Å². The van der Waals surface area contributed by atoms with Gasteiger partial charge in [-0.2, -0.15) is 0 Å². The molecule has 0 saturated carbocycles. The van der Waals surface area contributed by atoms with Gasteiger partial charge in [-0.25, -0.2) is 13.5 Å². The highest BCUT2D eigenvalue weighted by Crippen LogP contribution is 2.19. The lowest BCUT2D eigenvalue weighted by atomic mass is 10.1. The van der Waals surface area contributed by atoms with E-state index in [9.17, 15) is 13.6 Å². The lowest BCUT2D eigenvalue weighted by Gasteiger charge is -2.06. The Hall–Kier alpha value is -3.14. The Balaban J connectivity index is 1.57. The largest absolute Gasteiger partial charge is 0.497 e. The van der Waals surface area contributed by atoms with Crippen molar-refractivity contribution in [3.63, 3.8) is 0 Å². The van der Waals surface area contributed by atoms with E-state index in [1.54, 1.807) is 7.11 Å². The maximum atomic E-state index is 13.2. The molecule has 0 saturated heterocycles. The van der Waals surface area contributed by atoms with Gasteiger partial charge in [-0.3, -0.25) is 4.79 Å². The quantitative estimate of drug-likeness (QED) is 0.464. The molecule has 1 heterocycles. The number of rotatable bonds is 7. The number of methoxy groups -OCH3 is 1. The molecule has 0 radical (unpaired) electrons. The molecule has 0 spiro atoms. The van der Waals surface area contributed by atoms with Crippen molar-refractivity contribution in [3.05, 3.63) is 65.5 Å². The lowest BCUT2D eigenvalue weighted by molar-refractivity contribution is -0.113. The Morgan fingerprint density at radius 2 is 1.93 bits per heavy atom. The number of carbonyl (C=O) groups excluding carboxylic acids is 1. The van der Waals surface area contributed by atoms with Crippen molar-refractivity contribution in [1.82, 2.24) is 14.9 Å². The SMILES string of the molecule is COc1ccc(Cc2nnc(SCC(=O)Nc3ccc(F)c(F)c3)n2N)cc1. The number of nitrogen functional groups attached to an aromatic ring is 1. The zero-order chi connectivity index (χ0) is 20.1. The van der Waals surface area contributed by atoms with Gasteiger partial charge in [0.1, 0.15) is 5.75 Å². The van der Waals surface area contributed by atoms with Crippen LogP contribution in [0.4, 0.5) is 14.5 Å². The van der Waals surface area contributed by atoms with Crippen LogP contribution in [0.2, 0.25) is 0 Å². The van der Waals surface area contributed by atoms with Crippen LogP contribution in [0.5, 0.6) is 5.75 Å². The standard InChI is InChI=1S/C18H17F2N5O2S/c1-27-13-5-2-11(3-6-13)8-16-23-24-18(25(16)21)28-10-17(26)22-12-4-7-14(19)15(20)9-12/h2-7,9H,8,10,21H2,1H3,(H,22,26). The first kappa shape index (κ1) is 19.6. The van der Waals surface area contributed by atoms with Gasteiger partial charge in [0, 0.05) is 18.2 Å². The molecule has 3 N–H and O–H groups in total. The summed E-state index contributed by atoms with van der Waals surface area (Å²) in [7, 11) is 1.59. The van der Waals surface area contributed by atoms with Gasteiger partial charge < -0.3 is 15.9 Å². The molecule has 3 rings (SSSR count). The number of nitrogens with two attached hydrogens (primary N) is 1. The van der Waals surface area contributed by atoms with Crippen LogP contribution in [0.15, 0.2) is 47.6 Å². The van der Waals surface area contributed by atoms with Gasteiger partial charge in [-0.1, -0.05) is 23.9 Å². The molecular weight excluding hydrogens is 388 g/mol. The molecule has 0 atom stereocenters. The van der Waals surface area contributed by atoms with Crippen LogP contribution >= 0.6 is 11.8 Å². The number of hydrogen-bond acceptors (Lipinski definition) is 6. The highest BCUT2D eigenvalue weighted by atomic mass is 32.2. The van der Waals surface area contributed by atoms with Gasteiger partial charge in [0.25, 0.3) is 0 Å². The molecule has 0 unspecified atom stereocenters. The van der Waals surface area contributed by atoms with Crippen LogP contribution < -0.4 is 15.9 Å². The topological polar surface area (TPSA) is 95.1 Å². The van der Waals surface area contributed by atoms with Gasteiger partial charge in [0.2, 0.25) is 11.1 Å². The summed E-state index contributed by atoms with van der Waals surface area (Å²) in [6, 6.07) is 10.6. The average molecular weight is 405 g/mol. The van der Waals surface area contributed by atoms with Crippen LogP contribution in [-0.4, -0.2) is 33.6 Å². The fraction of sp³-hybridized carbons (Fsp3) is 0.167. The number of thioether (sulfide) groups is 1. The predicted octanol–water partition coefficient (Wildman–Crippen LogP) is 2.60. The van der Waals surface area contributed by atoms with Gasteiger partial charge in [0.15, 0.2) is 17.5 Å². The number of ether oxygens (including phenoxy) is 1. The Morgan fingerprint density at radius 1 is 1.18 bits per heavy atom. The van der Waals surface area contributed by atoms with Gasteiger partial charge >= 0.3 is 0 Å². The summed E-state index contributed by atoms with van der Waals surface area (Å²) in [5.74, 6) is 4.86. The molecule has 0 aliphatic carbocycles. The minimum Gasteiger partial charge on any atom is -0.497 e. The first-order chi connectivity index (χ1) is 13.5. The first-order valence-corrected chi connectivity index (χ1v) is 9.15. The van der Waals surface area contributed by atoms with Crippen molar-refractivity contribution in [2.24, 2.45) is 0 Å². The number of aromatic nitrogens is 3. The highest BCUT2D eigenvalue weighted by Gasteiger charge is 2.13. The number of hydrogen-bond donors (Lipinski definition) is 2. The van der Waals surface area contributed by atoms with E-state index in [0.717, 1.165) is 35.2 Å². The summed E-state index contributed by atoms with van der Waals surface area (Å²) in [6.45, 7) is 0. The number of anilines is 1. The number of carbonyl (C=O) groups is 1. The molecule has 0 aliphatic rings. The third-order valence-corrected chi connectivity index (χ3v) is 4.74. The van der Waals surface area contributed by atoms with Crippen molar-refractivity contribution in [3.8, 4) is 5.75 Å². The molecule has 146 valence electrons. The Labute approximate surface area is 163 Å².